The Morgan fingerprint density at radius 1 is 1.24 bits per heavy atom. The third-order valence-electron chi connectivity index (χ3n) is 2.80. The standard InChI is InChI=1S/C13H21N3O8S/c1-6(17)13(23)24-10(19)4-15-11(20)8(5-25)16-9(18)3-2-7(14)12(21)22/h6-8,17,25H,2-5,14H2,1H3,(H,15,20)(H,16,18)(H,21,22). The maximum Gasteiger partial charge on any atom is 0.342 e. The molecular weight excluding hydrogens is 358 g/mol. The van der Waals surface area contributed by atoms with Crippen LogP contribution in [0.5, 0.6) is 0 Å². The molecule has 0 fully saturated rings. The molecule has 0 rings (SSSR count). The number of aliphatic hydroxyl groups is 1. The van der Waals surface area contributed by atoms with Crippen molar-refractivity contribution in [3.8, 4) is 0 Å². The van der Waals surface area contributed by atoms with Gasteiger partial charge in [0, 0.05) is 12.2 Å². The third-order valence-corrected chi connectivity index (χ3v) is 3.16. The summed E-state index contributed by atoms with van der Waals surface area (Å²) < 4.78 is 4.23. The largest absolute Gasteiger partial charge is 0.480 e. The van der Waals surface area contributed by atoms with Crippen molar-refractivity contribution in [2.75, 3.05) is 12.3 Å². The van der Waals surface area contributed by atoms with Gasteiger partial charge in [-0.3, -0.25) is 14.4 Å². The molecule has 142 valence electrons. The number of carbonyl (C=O) groups is 5. The molecule has 0 aliphatic rings. The van der Waals surface area contributed by atoms with Crippen LogP contribution in [0.1, 0.15) is 19.8 Å². The zero-order chi connectivity index (χ0) is 19.6. The van der Waals surface area contributed by atoms with Gasteiger partial charge in [0.15, 0.2) is 0 Å². The number of nitrogens with two attached hydrogens (primary N) is 1. The Morgan fingerprint density at radius 2 is 1.84 bits per heavy atom. The summed E-state index contributed by atoms with van der Waals surface area (Å²) in [6.07, 6.45) is -1.81. The predicted octanol–water partition coefficient (Wildman–Crippen LogP) is -2.84. The van der Waals surface area contributed by atoms with Crippen LogP contribution in [0.2, 0.25) is 0 Å². The molecule has 3 unspecified atom stereocenters. The number of rotatable bonds is 10. The van der Waals surface area contributed by atoms with Crippen molar-refractivity contribution < 1.29 is 38.9 Å². The van der Waals surface area contributed by atoms with Gasteiger partial charge in [0.05, 0.1) is 0 Å². The maximum atomic E-state index is 11.8. The number of aliphatic hydroxyl groups excluding tert-OH is 1. The fourth-order valence-electron chi connectivity index (χ4n) is 1.39. The van der Waals surface area contributed by atoms with Gasteiger partial charge in [-0.25, -0.2) is 9.59 Å². The number of carbonyl (C=O) groups excluding carboxylic acids is 4. The number of thiol groups is 1. The van der Waals surface area contributed by atoms with Gasteiger partial charge in [-0.1, -0.05) is 0 Å². The smallest absolute Gasteiger partial charge is 0.342 e. The quantitative estimate of drug-likeness (QED) is 0.132. The maximum absolute atomic E-state index is 11.8. The molecule has 0 aromatic carbocycles. The van der Waals surface area contributed by atoms with Gasteiger partial charge in [0.1, 0.15) is 24.7 Å². The Kier molecular flexibility index (Phi) is 10.4. The highest BCUT2D eigenvalue weighted by Gasteiger charge is 2.22. The molecule has 0 radical (unpaired) electrons. The number of aliphatic carboxylic acids is 1. The summed E-state index contributed by atoms with van der Waals surface area (Å²) in [4.78, 5) is 56.3. The van der Waals surface area contributed by atoms with Gasteiger partial charge in [-0.05, 0) is 13.3 Å². The predicted molar refractivity (Wildman–Crippen MR) is 86.4 cm³/mol. The number of hydrogen-bond donors (Lipinski definition) is 6. The molecule has 2 amide bonds. The van der Waals surface area contributed by atoms with E-state index < -0.39 is 54.5 Å². The fourth-order valence-corrected chi connectivity index (χ4v) is 1.64. The van der Waals surface area contributed by atoms with E-state index in [2.05, 4.69) is 28.0 Å². The van der Waals surface area contributed by atoms with Gasteiger partial charge in [-0.2, -0.15) is 12.6 Å². The number of hydrogen-bond acceptors (Lipinski definition) is 9. The van der Waals surface area contributed by atoms with E-state index in [-0.39, 0.29) is 18.6 Å². The van der Waals surface area contributed by atoms with E-state index in [1.807, 2.05) is 0 Å². The van der Waals surface area contributed by atoms with Crippen LogP contribution in [0.4, 0.5) is 0 Å². The summed E-state index contributed by atoms with van der Waals surface area (Å²) in [5.74, 6) is -4.96. The van der Waals surface area contributed by atoms with Gasteiger partial charge >= 0.3 is 17.9 Å². The minimum Gasteiger partial charge on any atom is -0.480 e. The zero-order valence-electron chi connectivity index (χ0n) is 13.4. The lowest BCUT2D eigenvalue weighted by Gasteiger charge is -2.16. The van der Waals surface area contributed by atoms with Crippen LogP contribution in [-0.4, -0.2) is 70.4 Å². The van der Waals surface area contributed by atoms with E-state index in [0.717, 1.165) is 6.92 Å². The number of carboxylic acid groups (broad SMARTS) is 1. The van der Waals surface area contributed by atoms with E-state index in [4.69, 9.17) is 15.9 Å². The highest BCUT2D eigenvalue weighted by Crippen LogP contribution is 1.97. The number of ether oxygens (including phenoxy) is 1. The summed E-state index contributed by atoms with van der Waals surface area (Å²) in [7, 11) is 0. The Balaban J connectivity index is 4.33. The topological polar surface area (TPSA) is 185 Å². The molecule has 3 atom stereocenters. The van der Waals surface area contributed by atoms with Crippen LogP contribution in [0.15, 0.2) is 0 Å². The fraction of sp³-hybridized carbons (Fsp3) is 0.615. The van der Waals surface area contributed by atoms with Crippen molar-refractivity contribution >= 4 is 42.4 Å². The van der Waals surface area contributed by atoms with E-state index >= 15 is 0 Å². The molecule has 0 aliphatic heterocycles. The average molecular weight is 379 g/mol. The lowest BCUT2D eigenvalue weighted by Crippen LogP contribution is -2.49. The molecule has 0 spiro atoms. The molecule has 0 saturated carbocycles. The third kappa shape index (κ3) is 9.64. The Labute approximate surface area is 148 Å². The normalized spacial score (nSPS) is 13.9. The SMILES string of the molecule is CC(O)C(=O)OC(=O)CNC(=O)C(CS)NC(=O)CCC(N)C(=O)O. The molecule has 0 heterocycles. The summed E-state index contributed by atoms with van der Waals surface area (Å²) in [6.45, 7) is 0.457. The molecule has 25 heavy (non-hydrogen) atoms. The van der Waals surface area contributed by atoms with E-state index in [1.54, 1.807) is 0 Å². The Morgan fingerprint density at radius 3 is 2.32 bits per heavy atom. The minimum atomic E-state index is -1.48. The van der Waals surface area contributed by atoms with Crippen LogP contribution in [-0.2, 0) is 28.7 Å². The number of amides is 2. The molecule has 0 bridgehead atoms. The van der Waals surface area contributed by atoms with Crippen molar-refractivity contribution in [1.82, 2.24) is 10.6 Å². The van der Waals surface area contributed by atoms with Crippen LogP contribution >= 0.6 is 12.6 Å². The second-order valence-electron chi connectivity index (χ2n) is 4.97. The highest BCUT2D eigenvalue weighted by atomic mass is 32.1. The Bertz CT molecular complexity index is 525. The minimum absolute atomic E-state index is 0.0930. The zero-order valence-corrected chi connectivity index (χ0v) is 14.3. The molecule has 0 aliphatic carbocycles. The lowest BCUT2D eigenvalue weighted by molar-refractivity contribution is -0.165. The summed E-state index contributed by atoms with van der Waals surface area (Å²) in [5, 5.41) is 21.9. The second-order valence-corrected chi connectivity index (χ2v) is 5.34. The van der Waals surface area contributed by atoms with Crippen LogP contribution in [0.25, 0.3) is 0 Å². The van der Waals surface area contributed by atoms with Crippen LogP contribution in [0, 0.1) is 0 Å². The van der Waals surface area contributed by atoms with Crippen molar-refractivity contribution in [3.63, 3.8) is 0 Å². The van der Waals surface area contributed by atoms with E-state index in [9.17, 15) is 24.0 Å². The summed E-state index contributed by atoms with van der Waals surface area (Å²) in [5.41, 5.74) is 5.26. The summed E-state index contributed by atoms with van der Waals surface area (Å²) >= 11 is 3.90. The number of carboxylic acids is 1. The van der Waals surface area contributed by atoms with Gasteiger partial charge < -0.3 is 31.3 Å². The van der Waals surface area contributed by atoms with Crippen molar-refractivity contribution in [2.45, 2.75) is 38.0 Å². The van der Waals surface area contributed by atoms with E-state index in [0.29, 0.717) is 0 Å². The van der Waals surface area contributed by atoms with Crippen molar-refractivity contribution in [2.24, 2.45) is 5.73 Å². The average Bonchev–Trinajstić information content (AvgIpc) is 2.54. The molecule has 0 aromatic rings. The summed E-state index contributed by atoms with van der Waals surface area (Å²) in [6, 6.07) is -2.28. The highest BCUT2D eigenvalue weighted by molar-refractivity contribution is 7.80. The van der Waals surface area contributed by atoms with Crippen LogP contribution in [0.3, 0.4) is 0 Å². The first-order chi connectivity index (χ1) is 11.6. The number of nitrogens with one attached hydrogen (secondary N) is 2. The Hall–Kier alpha value is -2.18. The molecule has 12 heteroatoms. The van der Waals surface area contributed by atoms with Gasteiger partial charge in [0.2, 0.25) is 11.8 Å². The lowest BCUT2D eigenvalue weighted by atomic mass is 10.1. The van der Waals surface area contributed by atoms with E-state index in [1.165, 1.54) is 0 Å². The first-order valence-electron chi connectivity index (χ1n) is 7.17. The second kappa shape index (κ2) is 11.4. The molecule has 0 saturated heterocycles. The van der Waals surface area contributed by atoms with Crippen molar-refractivity contribution in [1.29, 1.82) is 0 Å². The molecule has 0 aromatic heterocycles. The molecule has 6 N–H and O–H groups in total. The molecular formula is C13H21N3O8S. The van der Waals surface area contributed by atoms with Crippen LogP contribution < -0.4 is 16.4 Å². The first-order valence-corrected chi connectivity index (χ1v) is 7.80. The van der Waals surface area contributed by atoms with Gasteiger partial charge in [0.25, 0.3) is 0 Å². The van der Waals surface area contributed by atoms with Gasteiger partial charge in [-0.15, -0.1) is 0 Å². The first kappa shape index (κ1) is 22.8. The number of esters is 2. The molecule has 11 nitrogen and oxygen atoms in total. The monoisotopic (exact) mass is 379 g/mol. The van der Waals surface area contributed by atoms with Crippen molar-refractivity contribution in [3.05, 3.63) is 0 Å².